The van der Waals surface area contributed by atoms with Gasteiger partial charge in [-0.15, -0.1) is 0 Å². The summed E-state index contributed by atoms with van der Waals surface area (Å²) >= 11 is 0. The second kappa shape index (κ2) is 23.8. The van der Waals surface area contributed by atoms with Crippen molar-refractivity contribution in [1.29, 1.82) is 0 Å². The quantitative estimate of drug-likeness (QED) is 0.395. The fourth-order valence-electron chi connectivity index (χ4n) is 0.769. The van der Waals surface area contributed by atoms with Crippen molar-refractivity contribution in [3.63, 3.8) is 0 Å². The number of benzene rings is 1. The van der Waals surface area contributed by atoms with E-state index in [9.17, 15) is 0 Å². The molecule has 0 aromatic heterocycles. The van der Waals surface area contributed by atoms with Gasteiger partial charge >= 0.3 is 17.1 Å². The van der Waals surface area contributed by atoms with Crippen LogP contribution in [0.1, 0.15) is 32.6 Å². The van der Waals surface area contributed by atoms with Crippen LogP contribution in [0.25, 0.3) is 0 Å². The fourth-order valence-corrected chi connectivity index (χ4v) is 0.769. The minimum atomic E-state index is -0.250. The molecule has 0 atom stereocenters. The van der Waals surface area contributed by atoms with Crippen molar-refractivity contribution in [2.45, 2.75) is 32.6 Å². The normalized spacial score (nSPS) is 7.12. The van der Waals surface area contributed by atoms with Gasteiger partial charge in [0.25, 0.3) is 6.47 Å². The molecule has 1 aromatic carbocycles. The van der Waals surface area contributed by atoms with Crippen LogP contribution >= 0.6 is 0 Å². The molecule has 2 nitrogen and oxygen atoms in total. The Hall–Kier alpha value is -0.791. The summed E-state index contributed by atoms with van der Waals surface area (Å²) in [6.45, 7) is 5.68. The van der Waals surface area contributed by atoms with E-state index in [1.54, 1.807) is 0 Å². The number of carboxylic acid groups (broad SMARTS) is 1. The van der Waals surface area contributed by atoms with Crippen molar-refractivity contribution in [2.75, 3.05) is 0 Å². The number of unbranched alkanes of at least 4 members (excludes halogenated alkanes) is 3. The van der Waals surface area contributed by atoms with Gasteiger partial charge in [-0.3, -0.25) is 4.79 Å². The number of rotatable bonds is 3. The van der Waals surface area contributed by atoms with Gasteiger partial charge in [0.2, 0.25) is 0 Å². The molecule has 0 unspecified atom stereocenters. The average Bonchev–Trinajstić information content (AvgIpc) is 2.30. The smallest absolute Gasteiger partial charge is 0.483 e. The zero-order chi connectivity index (χ0) is 11.8. The predicted octanol–water partition coefficient (Wildman–Crippen LogP) is 3.59. The monoisotopic (exact) mass is 271 g/mol. The predicted molar refractivity (Wildman–Crippen MR) is 63.5 cm³/mol. The molecule has 16 heavy (non-hydrogen) atoms. The fraction of sp³-hybridized carbons (Fsp3) is 0.385. The summed E-state index contributed by atoms with van der Waals surface area (Å²) < 4.78 is 0. The third kappa shape index (κ3) is 29.2. The van der Waals surface area contributed by atoms with Gasteiger partial charge in [0, 0.05) is 0 Å². The van der Waals surface area contributed by atoms with Gasteiger partial charge in [-0.2, -0.15) is 42.8 Å². The average molecular weight is 272 g/mol. The summed E-state index contributed by atoms with van der Waals surface area (Å²) in [5, 5.41) is 6.89. The number of hydrogen-bond acceptors (Lipinski definition) is 1. The van der Waals surface area contributed by atoms with Crippen LogP contribution in [0.4, 0.5) is 0 Å². The molecule has 0 aliphatic rings. The zero-order valence-corrected chi connectivity index (χ0v) is 10.6. The van der Waals surface area contributed by atoms with E-state index in [0.29, 0.717) is 0 Å². The van der Waals surface area contributed by atoms with Crippen LogP contribution in [0, 0.1) is 13.0 Å². The van der Waals surface area contributed by atoms with E-state index in [-0.39, 0.29) is 23.5 Å². The molecule has 0 bridgehead atoms. The summed E-state index contributed by atoms with van der Waals surface area (Å²) in [5.41, 5.74) is 0. The van der Waals surface area contributed by atoms with Crippen LogP contribution < -0.4 is 0 Å². The minimum Gasteiger partial charge on any atom is -0.483 e. The molecule has 0 fully saturated rings. The topological polar surface area (TPSA) is 37.3 Å². The summed E-state index contributed by atoms with van der Waals surface area (Å²) in [7, 11) is 0. The molecule has 0 saturated carbocycles. The van der Waals surface area contributed by atoms with Gasteiger partial charge in [-0.25, -0.2) is 0 Å². The van der Waals surface area contributed by atoms with Crippen molar-refractivity contribution in [1.82, 2.24) is 0 Å². The van der Waals surface area contributed by atoms with Gasteiger partial charge in [0.05, 0.1) is 0 Å². The van der Waals surface area contributed by atoms with E-state index < -0.39 is 0 Å². The maximum atomic E-state index is 8.36. The Morgan fingerprint density at radius 2 is 1.75 bits per heavy atom. The van der Waals surface area contributed by atoms with Gasteiger partial charge in [0.15, 0.2) is 0 Å². The first-order valence-corrected chi connectivity index (χ1v) is 5.11. The second-order valence-electron chi connectivity index (χ2n) is 2.74. The van der Waals surface area contributed by atoms with Gasteiger partial charge in [0.1, 0.15) is 0 Å². The molecule has 0 aliphatic heterocycles. The van der Waals surface area contributed by atoms with Crippen LogP contribution in [-0.2, 0) is 21.9 Å². The van der Waals surface area contributed by atoms with Crippen molar-refractivity contribution in [3.8, 4) is 0 Å². The van der Waals surface area contributed by atoms with Crippen LogP contribution in [0.2, 0.25) is 0 Å². The van der Waals surface area contributed by atoms with E-state index >= 15 is 0 Å². The SMILES string of the molecule is O=CO.[CH2-]CCCCC.[Cu+2].[c-]1ccccc1. The summed E-state index contributed by atoms with van der Waals surface area (Å²) in [5.74, 6) is 0. The van der Waals surface area contributed by atoms with Crippen LogP contribution in [0.15, 0.2) is 30.3 Å². The molecule has 0 spiro atoms. The first-order chi connectivity index (χ1) is 7.33. The Morgan fingerprint density at radius 1 is 1.25 bits per heavy atom. The standard InChI is InChI=1S/C6H5.C6H13.CH2O2.Cu/c1-2-4-6-5-3-1;1-3-5-6-4-2;2-1-3;/h1-5H;1,3-6H2,2H3;1H,(H,2,3);/q2*-1;;+2. The van der Waals surface area contributed by atoms with Crippen molar-refractivity contribution >= 4 is 6.47 Å². The Balaban J connectivity index is -0.000000163. The Bertz CT molecular complexity index is 160. The van der Waals surface area contributed by atoms with Crippen LogP contribution in [0.5, 0.6) is 0 Å². The van der Waals surface area contributed by atoms with Gasteiger partial charge in [-0.05, 0) is 0 Å². The van der Waals surface area contributed by atoms with E-state index in [1.165, 1.54) is 19.3 Å². The molecular formula is C13H20CuO2. The first-order valence-electron chi connectivity index (χ1n) is 5.11. The van der Waals surface area contributed by atoms with Crippen molar-refractivity contribution in [2.24, 2.45) is 0 Å². The Morgan fingerprint density at radius 3 is 1.88 bits per heavy atom. The van der Waals surface area contributed by atoms with E-state index in [2.05, 4.69) is 19.9 Å². The van der Waals surface area contributed by atoms with E-state index in [4.69, 9.17) is 9.90 Å². The minimum absolute atomic E-state index is 0. The number of hydrogen-bond donors (Lipinski definition) is 1. The Kier molecular flexibility index (Phi) is 30.6. The third-order valence-corrected chi connectivity index (χ3v) is 1.46. The van der Waals surface area contributed by atoms with Crippen LogP contribution in [-0.4, -0.2) is 11.6 Å². The summed E-state index contributed by atoms with van der Waals surface area (Å²) in [4.78, 5) is 8.36. The largest absolute Gasteiger partial charge is 2.00 e. The Labute approximate surface area is 110 Å². The molecule has 0 aliphatic carbocycles. The van der Waals surface area contributed by atoms with E-state index in [1.807, 2.05) is 30.3 Å². The molecule has 1 N–H and O–H groups in total. The molecular weight excluding hydrogens is 252 g/mol. The number of carbonyl (C=O) groups is 1. The summed E-state index contributed by atoms with van der Waals surface area (Å²) in [6.07, 6.45) is 5.07. The van der Waals surface area contributed by atoms with Gasteiger partial charge < -0.3 is 12.0 Å². The van der Waals surface area contributed by atoms with Crippen molar-refractivity contribution < 1.29 is 27.0 Å². The maximum absolute atomic E-state index is 8.36. The third-order valence-electron chi connectivity index (χ3n) is 1.46. The molecule has 1 radical (unpaired) electrons. The van der Waals surface area contributed by atoms with Crippen molar-refractivity contribution in [3.05, 3.63) is 43.3 Å². The first kappa shape index (κ1) is 20.6. The van der Waals surface area contributed by atoms with E-state index in [0.717, 1.165) is 6.42 Å². The molecule has 95 valence electrons. The molecule has 0 saturated heterocycles. The van der Waals surface area contributed by atoms with Gasteiger partial charge in [-0.1, -0.05) is 26.2 Å². The molecule has 0 heterocycles. The summed E-state index contributed by atoms with van der Waals surface area (Å²) in [6, 6.07) is 12.5. The molecule has 1 aromatic rings. The molecule has 1 rings (SSSR count). The molecule has 0 amide bonds. The van der Waals surface area contributed by atoms with Crippen LogP contribution in [0.3, 0.4) is 0 Å². The second-order valence-corrected chi connectivity index (χ2v) is 2.74. The zero-order valence-electron chi connectivity index (χ0n) is 9.66. The maximum Gasteiger partial charge on any atom is 2.00 e. The molecule has 3 heteroatoms.